The van der Waals surface area contributed by atoms with Crippen LogP contribution in [0.1, 0.15) is 5.69 Å². The lowest BCUT2D eigenvalue weighted by Gasteiger charge is -1.82. The summed E-state index contributed by atoms with van der Waals surface area (Å²) in [6.07, 6.45) is 1.77. The van der Waals surface area contributed by atoms with Gasteiger partial charge in [0.15, 0.2) is 0 Å². The van der Waals surface area contributed by atoms with Gasteiger partial charge in [-0.1, -0.05) is 0 Å². The van der Waals surface area contributed by atoms with Crippen molar-refractivity contribution in [2.24, 2.45) is 0 Å². The van der Waals surface area contributed by atoms with Crippen molar-refractivity contribution >= 4 is 11.9 Å². The number of fused-ring (bicyclic) bond motifs is 1. The van der Waals surface area contributed by atoms with Gasteiger partial charge in [-0.3, -0.25) is 0 Å². The minimum absolute atomic E-state index is 1.01. The number of nitrogens with one attached hydrogen (secondary N) is 1. The number of aromatic nitrogens is 2. The Kier molecular flexibility index (Phi) is 1.05. The summed E-state index contributed by atoms with van der Waals surface area (Å²) in [7, 11) is 0. The van der Waals surface area contributed by atoms with Crippen LogP contribution in [0.25, 0.3) is 0 Å². The van der Waals surface area contributed by atoms with Crippen molar-refractivity contribution in [3.05, 3.63) is 24.0 Å². The van der Waals surface area contributed by atoms with E-state index < -0.39 is 0 Å². The minimum Gasteiger partial charge on any atom is -0.107 e. The van der Waals surface area contributed by atoms with Crippen LogP contribution in [0, 0.1) is 0 Å². The van der Waals surface area contributed by atoms with Crippen LogP contribution in [0.4, 0.5) is 0 Å². The first-order valence-corrected chi connectivity index (χ1v) is 3.69. The normalized spacial score (nSPS) is 14.7. The van der Waals surface area contributed by atoms with Gasteiger partial charge in [0.1, 0.15) is 5.75 Å². The fourth-order valence-corrected chi connectivity index (χ4v) is 1.48. The highest BCUT2D eigenvalue weighted by molar-refractivity contribution is 7.99. The molecule has 1 aliphatic heterocycles. The molecule has 1 aromatic heterocycles. The van der Waals surface area contributed by atoms with E-state index in [9.17, 15) is 0 Å². The molecule has 0 bridgehead atoms. The predicted octanol–water partition coefficient (Wildman–Crippen LogP) is 0.0744. The van der Waals surface area contributed by atoms with E-state index >= 15 is 0 Å². The molecule has 0 fully saturated rings. The standard InChI is InChI=1S/C5H6N3S/c1-2-5-4-9-7-8(5)6-3-1/h1-3H,4H2,(H,6,7)/q+1. The van der Waals surface area contributed by atoms with Crippen LogP contribution in [0.3, 0.4) is 0 Å². The molecule has 0 atom stereocenters. The van der Waals surface area contributed by atoms with Crippen LogP contribution in [0.2, 0.25) is 0 Å². The zero-order valence-corrected chi connectivity index (χ0v) is 5.56. The van der Waals surface area contributed by atoms with Crippen LogP contribution in [0.5, 0.6) is 0 Å². The van der Waals surface area contributed by atoms with Crippen LogP contribution in [-0.4, -0.2) is 5.10 Å². The molecule has 0 aromatic carbocycles. The second-order valence-electron chi connectivity index (χ2n) is 1.81. The van der Waals surface area contributed by atoms with Gasteiger partial charge in [-0.25, -0.2) is 0 Å². The third-order valence-electron chi connectivity index (χ3n) is 1.20. The maximum atomic E-state index is 4.04. The minimum atomic E-state index is 1.01. The molecule has 0 aliphatic carbocycles. The van der Waals surface area contributed by atoms with Crippen molar-refractivity contribution in [1.29, 1.82) is 0 Å². The van der Waals surface area contributed by atoms with Crippen LogP contribution < -0.4 is 9.62 Å². The van der Waals surface area contributed by atoms with Gasteiger partial charge in [-0.15, -0.1) is 4.83 Å². The molecule has 1 N–H and O–H groups in total. The van der Waals surface area contributed by atoms with Gasteiger partial charge in [0.25, 0.3) is 5.69 Å². The molecule has 1 aromatic rings. The number of nitrogens with zero attached hydrogens (tertiary/aromatic N) is 2. The molecule has 1 aliphatic rings. The van der Waals surface area contributed by atoms with Gasteiger partial charge in [0.05, 0.1) is 6.20 Å². The lowest BCUT2D eigenvalue weighted by Crippen LogP contribution is -2.43. The molecular formula is C5H6N3S+. The number of hydrogen-bond acceptors (Lipinski definition) is 3. The van der Waals surface area contributed by atoms with Crippen molar-refractivity contribution in [2.75, 3.05) is 4.83 Å². The first-order chi connectivity index (χ1) is 4.47. The van der Waals surface area contributed by atoms with E-state index in [4.69, 9.17) is 0 Å². The van der Waals surface area contributed by atoms with Gasteiger partial charge in [0, 0.05) is 27.9 Å². The fraction of sp³-hybridized carbons (Fsp3) is 0.200. The average molecular weight is 140 g/mol. The van der Waals surface area contributed by atoms with Crippen LogP contribution >= 0.6 is 11.9 Å². The molecule has 2 rings (SSSR count). The lowest BCUT2D eigenvalue weighted by atomic mass is 10.4. The predicted molar refractivity (Wildman–Crippen MR) is 35.1 cm³/mol. The number of hydrogen-bond donors (Lipinski definition) is 1. The monoisotopic (exact) mass is 140 g/mol. The Bertz CT molecular complexity index is 202. The maximum Gasteiger partial charge on any atom is 0.255 e. The summed E-state index contributed by atoms with van der Waals surface area (Å²) >= 11 is 1.65. The summed E-state index contributed by atoms with van der Waals surface area (Å²) in [5, 5.41) is 4.04. The molecule has 0 spiro atoms. The zero-order valence-electron chi connectivity index (χ0n) is 4.74. The summed E-state index contributed by atoms with van der Waals surface area (Å²) in [6, 6.07) is 4.00. The van der Waals surface area contributed by atoms with Crippen molar-refractivity contribution in [3.63, 3.8) is 0 Å². The average Bonchev–Trinajstić information content (AvgIpc) is 2.33. The van der Waals surface area contributed by atoms with Gasteiger partial charge >= 0.3 is 0 Å². The molecule has 0 saturated carbocycles. The molecule has 0 radical (unpaired) electrons. The second-order valence-corrected chi connectivity index (χ2v) is 2.57. The van der Waals surface area contributed by atoms with E-state index in [-0.39, 0.29) is 0 Å². The molecule has 0 amide bonds. The van der Waals surface area contributed by atoms with Crippen molar-refractivity contribution in [3.8, 4) is 0 Å². The third kappa shape index (κ3) is 0.751. The van der Waals surface area contributed by atoms with Gasteiger partial charge < -0.3 is 0 Å². The van der Waals surface area contributed by atoms with E-state index in [1.54, 1.807) is 22.9 Å². The quantitative estimate of drug-likeness (QED) is 0.408. The molecule has 9 heavy (non-hydrogen) atoms. The van der Waals surface area contributed by atoms with Crippen molar-refractivity contribution in [1.82, 2.24) is 5.10 Å². The zero-order chi connectivity index (χ0) is 6.10. The Balaban J connectivity index is 2.54. The first-order valence-electron chi connectivity index (χ1n) is 2.71. The Morgan fingerprint density at radius 1 is 1.78 bits per heavy atom. The molecule has 3 nitrogen and oxygen atoms in total. The summed E-state index contributed by atoms with van der Waals surface area (Å²) in [5.74, 6) is 1.01. The van der Waals surface area contributed by atoms with Gasteiger partial charge in [-0.2, -0.15) is 0 Å². The highest BCUT2D eigenvalue weighted by Gasteiger charge is 2.18. The highest BCUT2D eigenvalue weighted by atomic mass is 32.2. The number of rotatable bonds is 0. The van der Waals surface area contributed by atoms with E-state index in [1.807, 2.05) is 6.07 Å². The molecule has 2 heterocycles. The molecule has 0 unspecified atom stereocenters. The van der Waals surface area contributed by atoms with Crippen molar-refractivity contribution in [2.45, 2.75) is 5.75 Å². The smallest absolute Gasteiger partial charge is 0.107 e. The first kappa shape index (κ1) is 5.05. The highest BCUT2D eigenvalue weighted by Crippen LogP contribution is 2.08. The van der Waals surface area contributed by atoms with Gasteiger partial charge in [0.2, 0.25) is 0 Å². The third-order valence-corrected chi connectivity index (χ3v) is 1.94. The van der Waals surface area contributed by atoms with E-state index in [2.05, 4.69) is 16.0 Å². The SMILES string of the molecule is c1cn[n+]2c(c1)CSN2. The van der Waals surface area contributed by atoms with Crippen molar-refractivity contribution < 1.29 is 4.79 Å². The largest absolute Gasteiger partial charge is 0.255 e. The van der Waals surface area contributed by atoms with E-state index in [0.717, 1.165) is 5.75 Å². The lowest BCUT2D eigenvalue weighted by molar-refractivity contribution is -0.699. The maximum absolute atomic E-state index is 4.04. The summed E-state index contributed by atoms with van der Waals surface area (Å²) in [4.78, 5) is 4.80. The Hall–Kier alpha value is -0.770. The van der Waals surface area contributed by atoms with Crippen LogP contribution in [0.15, 0.2) is 18.3 Å². The van der Waals surface area contributed by atoms with Crippen LogP contribution in [-0.2, 0) is 5.75 Å². The topological polar surface area (TPSA) is 28.8 Å². The summed E-state index contributed by atoms with van der Waals surface area (Å²) in [5.41, 5.74) is 1.22. The van der Waals surface area contributed by atoms with Gasteiger partial charge in [-0.05, 0) is 6.07 Å². The second kappa shape index (κ2) is 1.88. The molecule has 46 valence electrons. The van der Waals surface area contributed by atoms with E-state index in [1.165, 1.54) is 5.69 Å². The fourth-order valence-electron chi connectivity index (χ4n) is 0.763. The Morgan fingerprint density at radius 2 is 2.78 bits per heavy atom. The Morgan fingerprint density at radius 3 is 3.67 bits per heavy atom. The molecule has 0 saturated heterocycles. The Labute approximate surface area is 57.2 Å². The summed E-state index contributed by atoms with van der Waals surface area (Å²) in [6.45, 7) is 0. The molecule has 4 heteroatoms. The molecular weight excluding hydrogens is 134 g/mol. The van der Waals surface area contributed by atoms with E-state index in [0.29, 0.717) is 0 Å². The summed E-state index contributed by atoms with van der Waals surface area (Å²) < 4.78 is 0.